The minimum absolute atomic E-state index is 0. The van der Waals surface area contributed by atoms with Crippen LogP contribution in [0.1, 0.15) is 32.4 Å². The molecule has 2 rings (SSSR count). The first-order valence-corrected chi connectivity index (χ1v) is 7.61. The maximum absolute atomic E-state index is 12.5. The molecule has 0 aromatic heterocycles. The summed E-state index contributed by atoms with van der Waals surface area (Å²) in [6.45, 7) is 9.19. The Morgan fingerprint density at radius 3 is 2.25 bits per heavy atom. The molecule has 0 bridgehead atoms. The van der Waals surface area contributed by atoms with Crippen molar-refractivity contribution in [1.82, 2.24) is 10.2 Å². The highest BCUT2D eigenvalue weighted by molar-refractivity contribution is 5.85. The van der Waals surface area contributed by atoms with E-state index in [0.717, 1.165) is 32.2 Å². The summed E-state index contributed by atoms with van der Waals surface area (Å²) in [7, 11) is 0. The van der Waals surface area contributed by atoms with Crippen molar-refractivity contribution in [1.29, 1.82) is 0 Å². The van der Waals surface area contributed by atoms with Crippen molar-refractivity contribution in [3.63, 3.8) is 0 Å². The molecule has 8 heteroatoms. The van der Waals surface area contributed by atoms with Crippen LogP contribution in [0.4, 0.5) is 13.2 Å². The number of piperazine rings is 1. The Bertz CT molecular complexity index is 541. The first-order chi connectivity index (χ1) is 10.6. The van der Waals surface area contributed by atoms with Gasteiger partial charge in [-0.2, -0.15) is 0 Å². The number of phenolic OH excluding ortho intramolecular Hbond substituents is 1. The molecule has 0 amide bonds. The summed E-state index contributed by atoms with van der Waals surface area (Å²) >= 11 is 0. The van der Waals surface area contributed by atoms with Crippen LogP contribution in [0.2, 0.25) is 0 Å². The average Bonchev–Trinajstić information content (AvgIpc) is 2.41. The molecular weight excluding hydrogens is 345 g/mol. The molecule has 0 spiro atoms. The topological polar surface area (TPSA) is 44.7 Å². The van der Waals surface area contributed by atoms with Crippen LogP contribution in [-0.2, 0) is 0 Å². The number of phenols is 1. The van der Waals surface area contributed by atoms with Crippen LogP contribution in [0.3, 0.4) is 0 Å². The Kier molecular flexibility index (Phi) is 6.78. The van der Waals surface area contributed by atoms with Crippen LogP contribution >= 0.6 is 12.4 Å². The fourth-order valence-corrected chi connectivity index (χ4v) is 3.10. The van der Waals surface area contributed by atoms with Crippen molar-refractivity contribution in [2.75, 3.05) is 26.2 Å². The van der Waals surface area contributed by atoms with Gasteiger partial charge in [0.15, 0.2) is 0 Å². The fourth-order valence-electron chi connectivity index (χ4n) is 3.10. The quantitative estimate of drug-likeness (QED) is 0.853. The number of benzene rings is 1. The van der Waals surface area contributed by atoms with Crippen LogP contribution in [-0.4, -0.2) is 42.5 Å². The van der Waals surface area contributed by atoms with E-state index in [-0.39, 0.29) is 35.4 Å². The highest BCUT2D eigenvalue weighted by Gasteiger charge is 2.36. The third-order valence-electron chi connectivity index (χ3n) is 3.86. The zero-order valence-electron chi connectivity index (χ0n) is 14.0. The summed E-state index contributed by atoms with van der Waals surface area (Å²) in [5.41, 5.74) is 0.201. The minimum atomic E-state index is -4.75. The molecule has 1 aliphatic rings. The van der Waals surface area contributed by atoms with Gasteiger partial charge >= 0.3 is 6.36 Å². The summed E-state index contributed by atoms with van der Waals surface area (Å²) in [6.07, 6.45) is -4.75. The molecule has 4 nitrogen and oxygen atoms in total. The summed E-state index contributed by atoms with van der Waals surface area (Å²) in [4.78, 5) is 2.18. The van der Waals surface area contributed by atoms with Gasteiger partial charge in [0.05, 0.1) is 0 Å². The normalized spacial score (nSPS) is 17.9. The van der Waals surface area contributed by atoms with Crippen LogP contribution in [0, 0.1) is 5.41 Å². The molecular formula is C16H24ClF3N2O2. The Balaban J connectivity index is 0.00000288. The lowest BCUT2D eigenvalue weighted by atomic mass is 9.80. The van der Waals surface area contributed by atoms with Crippen molar-refractivity contribution >= 4 is 12.4 Å². The van der Waals surface area contributed by atoms with Crippen molar-refractivity contribution in [3.8, 4) is 11.5 Å². The molecule has 1 saturated heterocycles. The van der Waals surface area contributed by atoms with E-state index in [1.54, 1.807) is 0 Å². The second-order valence-electron chi connectivity index (χ2n) is 6.82. The van der Waals surface area contributed by atoms with Gasteiger partial charge in [0.25, 0.3) is 0 Å². The number of aromatic hydroxyl groups is 1. The monoisotopic (exact) mass is 368 g/mol. The summed E-state index contributed by atoms with van der Waals surface area (Å²) in [5, 5.41) is 13.5. The predicted octanol–water partition coefficient (Wildman–Crippen LogP) is 3.71. The van der Waals surface area contributed by atoms with Gasteiger partial charge in [-0.15, -0.1) is 25.6 Å². The molecule has 138 valence electrons. The van der Waals surface area contributed by atoms with E-state index < -0.39 is 6.36 Å². The minimum Gasteiger partial charge on any atom is -0.508 e. The molecule has 1 aromatic rings. The fraction of sp³-hybridized carbons (Fsp3) is 0.625. The molecule has 0 saturated carbocycles. The lowest BCUT2D eigenvalue weighted by Crippen LogP contribution is -2.48. The van der Waals surface area contributed by atoms with E-state index in [9.17, 15) is 18.3 Å². The van der Waals surface area contributed by atoms with Gasteiger partial charge < -0.3 is 15.2 Å². The van der Waals surface area contributed by atoms with Gasteiger partial charge in [0.2, 0.25) is 0 Å². The predicted molar refractivity (Wildman–Crippen MR) is 88.7 cm³/mol. The largest absolute Gasteiger partial charge is 0.573 e. The molecule has 24 heavy (non-hydrogen) atoms. The highest BCUT2D eigenvalue weighted by atomic mass is 35.5. The SMILES string of the molecule is CC(C)(C)[C@@H](c1cc(OC(F)(F)F)ccc1O)N1CCNCC1.Cl. The Hall–Kier alpha value is -1.18. The van der Waals surface area contributed by atoms with Gasteiger partial charge in [-0.05, 0) is 23.6 Å². The maximum Gasteiger partial charge on any atom is 0.573 e. The molecule has 1 heterocycles. The molecule has 0 radical (unpaired) electrons. The van der Waals surface area contributed by atoms with Crippen molar-refractivity contribution in [2.24, 2.45) is 5.41 Å². The summed E-state index contributed by atoms with van der Waals surface area (Å²) in [6, 6.07) is 3.48. The Morgan fingerprint density at radius 2 is 1.75 bits per heavy atom. The first kappa shape index (κ1) is 20.9. The van der Waals surface area contributed by atoms with Gasteiger partial charge in [0.1, 0.15) is 11.5 Å². The zero-order chi connectivity index (χ0) is 17.3. The van der Waals surface area contributed by atoms with Crippen LogP contribution in [0.15, 0.2) is 18.2 Å². The number of hydrogen-bond acceptors (Lipinski definition) is 4. The van der Waals surface area contributed by atoms with Crippen LogP contribution in [0.5, 0.6) is 11.5 Å². The van der Waals surface area contributed by atoms with Gasteiger partial charge in [0, 0.05) is 37.8 Å². The van der Waals surface area contributed by atoms with Crippen LogP contribution in [0.25, 0.3) is 0 Å². The number of alkyl halides is 3. The van der Waals surface area contributed by atoms with E-state index in [0.29, 0.717) is 5.56 Å². The number of hydrogen-bond donors (Lipinski definition) is 2. The van der Waals surface area contributed by atoms with Crippen LogP contribution < -0.4 is 10.1 Å². The average molecular weight is 369 g/mol. The maximum atomic E-state index is 12.5. The second kappa shape index (κ2) is 7.80. The number of ether oxygens (including phenoxy) is 1. The Labute approximate surface area is 146 Å². The lowest BCUT2D eigenvalue weighted by Gasteiger charge is -2.42. The molecule has 1 aliphatic heterocycles. The molecule has 0 unspecified atom stereocenters. The van der Waals surface area contributed by atoms with E-state index in [4.69, 9.17) is 0 Å². The molecule has 0 aliphatic carbocycles. The zero-order valence-corrected chi connectivity index (χ0v) is 14.8. The number of rotatable bonds is 3. The third kappa shape index (κ3) is 5.43. The van der Waals surface area contributed by atoms with Gasteiger partial charge in [-0.25, -0.2) is 0 Å². The Morgan fingerprint density at radius 1 is 1.17 bits per heavy atom. The standard InChI is InChI=1S/C16H23F3N2O2.ClH/c1-15(2,3)14(21-8-6-20-7-9-21)12-10-11(4-5-13(12)22)23-16(17,18)19;/h4-5,10,14,20,22H,6-9H2,1-3H3;1H/t14-;/m1./s1. The lowest BCUT2D eigenvalue weighted by molar-refractivity contribution is -0.274. The van der Waals surface area contributed by atoms with E-state index in [2.05, 4.69) is 15.0 Å². The molecule has 1 aromatic carbocycles. The van der Waals surface area contributed by atoms with E-state index in [1.165, 1.54) is 12.1 Å². The van der Waals surface area contributed by atoms with E-state index in [1.807, 2.05) is 20.8 Å². The first-order valence-electron chi connectivity index (χ1n) is 7.61. The molecule has 1 fully saturated rings. The van der Waals surface area contributed by atoms with Gasteiger partial charge in [-0.1, -0.05) is 20.8 Å². The number of nitrogens with one attached hydrogen (secondary N) is 1. The van der Waals surface area contributed by atoms with E-state index >= 15 is 0 Å². The number of halogens is 4. The van der Waals surface area contributed by atoms with Gasteiger partial charge in [-0.3, -0.25) is 4.90 Å². The number of nitrogens with zero attached hydrogens (tertiary/aromatic N) is 1. The summed E-state index contributed by atoms with van der Waals surface area (Å²) in [5.74, 6) is -0.326. The van der Waals surface area contributed by atoms with Crippen molar-refractivity contribution in [3.05, 3.63) is 23.8 Å². The third-order valence-corrected chi connectivity index (χ3v) is 3.86. The van der Waals surface area contributed by atoms with Crippen molar-refractivity contribution < 1.29 is 23.0 Å². The molecule has 2 N–H and O–H groups in total. The summed E-state index contributed by atoms with van der Waals surface area (Å²) < 4.78 is 41.4. The second-order valence-corrected chi connectivity index (χ2v) is 6.82. The van der Waals surface area contributed by atoms with Crippen molar-refractivity contribution in [2.45, 2.75) is 33.2 Å². The highest BCUT2D eigenvalue weighted by Crippen LogP contribution is 2.43. The molecule has 1 atom stereocenters. The smallest absolute Gasteiger partial charge is 0.508 e.